The van der Waals surface area contributed by atoms with Crippen LogP contribution in [0.25, 0.3) is 0 Å². The van der Waals surface area contributed by atoms with Crippen LogP contribution in [0.1, 0.15) is 21.9 Å². The molecule has 1 N–H and O–H groups in total. The second-order valence-corrected chi connectivity index (χ2v) is 4.50. The van der Waals surface area contributed by atoms with Crippen LogP contribution in [0.5, 0.6) is 0 Å². The van der Waals surface area contributed by atoms with E-state index in [4.69, 9.17) is 16.0 Å². The molecule has 0 unspecified atom stereocenters. The first-order chi connectivity index (χ1) is 9.10. The van der Waals surface area contributed by atoms with Gasteiger partial charge in [-0.2, -0.15) is 0 Å². The van der Waals surface area contributed by atoms with Gasteiger partial charge in [-0.3, -0.25) is 0 Å². The Morgan fingerprint density at radius 2 is 2.16 bits per heavy atom. The molecule has 100 valence electrons. The number of benzene rings is 1. The number of carbonyl (C=O) groups excluding carboxylic acids is 1. The van der Waals surface area contributed by atoms with Crippen molar-refractivity contribution in [2.24, 2.45) is 0 Å². The fourth-order valence-corrected chi connectivity index (χ4v) is 1.82. The zero-order chi connectivity index (χ0) is 13.8. The maximum atomic E-state index is 11.2. The van der Waals surface area contributed by atoms with Gasteiger partial charge in [0.2, 0.25) is 5.76 Å². The number of nitrogens with one attached hydrogen (secondary N) is 1. The lowest BCUT2D eigenvalue weighted by Gasteiger charge is -2.07. The summed E-state index contributed by atoms with van der Waals surface area (Å²) in [5.41, 5.74) is 1.94. The summed E-state index contributed by atoms with van der Waals surface area (Å²) >= 11 is 6.07. The summed E-state index contributed by atoms with van der Waals surface area (Å²) in [4.78, 5) is 11.2. The highest BCUT2D eigenvalue weighted by molar-refractivity contribution is 6.33. The highest BCUT2D eigenvalue weighted by Crippen LogP contribution is 2.23. The molecular weight excluding hydrogens is 266 g/mol. The lowest BCUT2D eigenvalue weighted by atomic mass is 10.2. The molecular formula is C14H14ClNO3. The van der Waals surface area contributed by atoms with Crippen LogP contribution in [0.3, 0.4) is 0 Å². The van der Waals surface area contributed by atoms with Gasteiger partial charge in [0.25, 0.3) is 0 Å². The molecule has 1 aromatic carbocycles. The number of halogens is 1. The van der Waals surface area contributed by atoms with Gasteiger partial charge in [0.05, 0.1) is 24.4 Å². The molecule has 0 bridgehead atoms. The van der Waals surface area contributed by atoms with Crippen LogP contribution in [0.4, 0.5) is 5.69 Å². The Labute approximate surface area is 116 Å². The van der Waals surface area contributed by atoms with Crippen molar-refractivity contribution in [1.29, 1.82) is 0 Å². The molecule has 0 aliphatic rings. The van der Waals surface area contributed by atoms with E-state index >= 15 is 0 Å². The first-order valence-electron chi connectivity index (χ1n) is 5.77. The minimum atomic E-state index is -0.486. The van der Waals surface area contributed by atoms with Gasteiger partial charge >= 0.3 is 5.97 Å². The Hall–Kier alpha value is -1.94. The van der Waals surface area contributed by atoms with E-state index in [9.17, 15) is 4.79 Å². The van der Waals surface area contributed by atoms with E-state index in [-0.39, 0.29) is 5.76 Å². The van der Waals surface area contributed by atoms with Crippen LogP contribution in [-0.4, -0.2) is 13.1 Å². The predicted molar refractivity (Wildman–Crippen MR) is 73.6 cm³/mol. The van der Waals surface area contributed by atoms with Crippen molar-refractivity contribution in [3.05, 3.63) is 52.4 Å². The number of ether oxygens (including phenoxy) is 1. The third-order valence-electron chi connectivity index (χ3n) is 2.62. The molecule has 2 aromatic rings. The molecule has 0 atom stereocenters. The summed E-state index contributed by atoms with van der Waals surface area (Å²) < 4.78 is 9.92. The number of anilines is 1. The van der Waals surface area contributed by atoms with Gasteiger partial charge in [-0.05, 0) is 36.8 Å². The average molecular weight is 280 g/mol. The third kappa shape index (κ3) is 3.29. The fraction of sp³-hybridized carbons (Fsp3) is 0.214. The molecule has 1 aromatic heterocycles. The Morgan fingerprint density at radius 3 is 2.89 bits per heavy atom. The third-order valence-corrected chi connectivity index (χ3v) is 2.95. The Bertz CT molecular complexity index is 592. The molecule has 19 heavy (non-hydrogen) atoms. The number of furan rings is 1. The molecule has 5 heteroatoms. The summed E-state index contributed by atoms with van der Waals surface area (Å²) in [5.74, 6) is 0.340. The monoisotopic (exact) mass is 279 g/mol. The van der Waals surface area contributed by atoms with Gasteiger partial charge in [-0.15, -0.1) is 0 Å². The fourth-order valence-electron chi connectivity index (χ4n) is 1.64. The van der Waals surface area contributed by atoms with Crippen molar-refractivity contribution in [2.45, 2.75) is 13.5 Å². The second kappa shape index (κ2) is 5.80. The zero-order valence-electron chi connectivity index (χ0n) is 10.7. The molecule has 1 heterocycles. The summed E-state index contributed by atoms with van der Waals surface area (Å²) in [7, 11) is 1.31. The van der Waals surface area contributed by atoms with Crippen molar-refractivity contribution in [3.63, 3.8) is 0 Å². The largest absolute Gasteiger partial charge is 0.463 e. The van der Waals surface area contributed by atoms with Crippen molar-refractivity contribution in [3.8, 4) is 0 Å². The maximum absolute atomic E-state index is 11.2. The van der Waals surface area contributed by atoms with Crippen LogP contribution in [0, 0.1) is 6.92 Å². The van der Waals surface area contributed by atoms with Gasteiger partial charge in [0.1, 0.15) is 5.76 Å². The van der Waals surface area contributed by atoms with Gasteiger partial charge in [0, 0.05) is 0 Å². The number of esters is 1. The summed E-state index contributed by atoms with van der Waals surface area (Å²) in [5, 5.41) is 3.81. The first kappa shape index (κ1) is 13.5. The lowest BCUT2D eigenvalue weighted by molar-refractivity contribution is 0.0563. The van der Waals surface area contributed by atoms with E-state index in [1.54, 1.807) is 12.1 Å². The Kier molecular flexibility index (Phi) is 4.12. The van der Waals surface area contributed by atoms with Crippen molar-refractivity contribution < 1.29 is 13.9 Å². The van der Waals surface area contributed by atoms with Crippen LogP contribution in [0.2, 0.25) is 5.02 Å². The van der Waals surface area contributed by atoms with E-state index in [0.717, 1.165) is 11.3 Å². The molecule has 0 saturated carbocycles. The van der Waals surface area contributed by atoms with Crippen LogP contribution in [0.15, 0.2) is 34.7 Å². The molecule has 0 spiro atoms. The molecule has 0 radical (unpaired) electrons. The van der Waals surface area contributed by atoms with Crippen LogP contribution >= 0.6 is 11.6 Å². The molecule has 0 saturated heterocycles. The lowest BCUT2D eigenvalue weighted by Crippen LogP contribution is -2.00. The highest BCUT2D eigenvalue weighted by atomic mass is 35.5. The van der Waals surface area contributed by atoms with E-state index in [0.29, 0.717) is 17.3 Å². The maximum Gasteiger partial charge on any atom is 0.373 e. The SMILES string of the molecule is COC(=O)c1ccc(CNc2cc(C)ccc2Cl)o1. The quantitative estimate of drug-likeness (QED) is 0.868. The molecule has 0 aliphatic carbocycles. The minimum Gasteiger partial charge on any atom is -0.463 e. The molecule has 0 aliphatic heterocycles. The number of rotatable bonds is 4. The van der Waals surface area contributed by atoms with Crippen molar-refractivity contribution in [1.82, 2.24) is 0 Å². The molecule has 2 rings (SSSR count). The second-order valence-electron chi connectivity index (χ2n) is 4.09. The molecule has 0 amide bonds. The van der Waals surface area contributed by atoms with Crippen LogP contribution in [-0.2, 0) is 11.3 Å². The van der Waals surface area contributed by atoms with Gasteiger partial charge in [-0.1, -0.05) is 17.7 Å². The highest BCUT2D eigenvalue weighted by Gasteiger charge is 2.11. The summed E-state index contributed by atoms with van der Waals surface area (Å²) in [6, 6.07) is 9.03. The van der Waals surface area contributed by atoms with E-state index < -0.39 is 5.97 Å². The number of methoxy groups -OCH3 is 1. The normalized spacial score (nSPS) is 10.3. The number of hydrogen-bond acceptors (Lipinski definition) is 4. The molecule has 0 fully saturated rings. The van der Waals surface area contributed by atoms with Gasteiger partial charge < -0.3 is 14.5 Å². The number of carbonyl (C=O) groups is 1. The number of hydrogen-bond donors (Lipinski definition) is 1. The smallest absolute Gasteiger partial charge is 0.373 e. The topological polar surface area (TPSA) is 51.5 Å². The van der Waals surface area contributed by atoms with E-state index in [1.165, 1.54) is 7.11 Å². The standard InChI is InChI=1S/C14H14ClNO3/c1-9-3-5-11(15)12(7-9)16-8-10-4-6-13(19-10)14(17)18-2/h3-7,16H,8H2,1-2H3. The predicted octanol–water partition coefficient (Wildman–Crippen LogP) is 3.64. The first-order valence-corrected chi connectivity index (χ1v) is 6.15. The van der Waals surface area contributed by atoms with Crippen molar-refractivity contribution >= 4 is 23.3 Å². The van der Waals surface area contributed by atoms with Crippen LogP contribution < -0.4 is 5.32 Å². The minimum absolute atomic E-state index is 0.189. The zero-order valence-corrected chi connectivity index (χ0v) is 11.5. The Balaban J connectivity index is 2.04. The Morgan fingerprint density at radius 1 is 1.37 bits per heavy atom. The average Bonchev–Trinajstić information content (AvgIpc) is 2.88. The number of aryl methyl sites for hydroxylation is 1. The van der Waals surface area contributed by atoms with E-state index in [2.05, 4.69) is 10.1 Å². The summed E-state index contributed by atoms with van der Waals surface area (Å²) in [6.45, 7) is 2.43. The van der Waals surface area contributed by atoms with Gasteiger partial charge in [0.15, 0.2) is 0 Å². The van der Waals surface area contributed by atoms with E-state index in [1.807, 2.05) is 25.1 Å². The summed E-state index contributed by atoms with van der Waals surface area (Å²) in [6.07, 6.45) is 0. The van der Waals surface area contributed by atoms with Crippen molar-refractivity contribution in [2.75, 3.05) is 12.4 Å². The van der Waals surface area contributed by atoms with Gasteiger partial charge in [-0.25, -0.2) is 4.79 Å². The molecule has 4 nitrogen and oxygen atoms in total.